The van der Waals surface area contributed by atoms with E-state index >= 15 is 0 Å². The number of carboxylic acids is 1. The van der Waals surface area contributed by atoms with E-state index < -0.39 is 30.1 Å². The van der Waals surface area contributed by atoms with Crippen molar-refractivity contribution in [3.05, 3.63) is 65.3 Å². The van der Waals surface area contributed by atoms with Gasteiger partial charge in [-0.25, -0.2) is 9.59 Å². The van der Waals surface area contributed by atoms with Gasteiger partial charge in [-0.3, -0.25) is 9.78 Å². The van der Waals surface area contributed by atoms with Crippen LogP contribution in [0.25, 0.3) is 10.9 Å². The van der Waals surface area contributed by atoms with Crippen molar-refractivity contribution in [1.82, 2.24) is 15.6 Å². The van der Waals surface area contributed by atoms with E-state index in [1.165, 1.54) is 0 Å². The highest BCUT2D eigenvalue weighted by Gasteiger charge is 2.23. The Morgan fingerprint density at radius 2 is 1.73 bits per heavy atom. The Balaban J connectivity index is 1.38. The fourth-order valence-corrected chi connectivity index (χ4v) is 5.39. The van der Waals surface area contributed by atoms with Crippen LogP contribution in [-0.2, 0) is 20.7 Å². The number of alkyl carbamates (subject to hydrolysis) is 1. The monoisotopic (exact) mass is 679 g/mol. The molecule has 0 aliphatic heterocycles. The molecule has 4 N–H and O–H groups in total. The number of benzene rings is 2. The summed E-state index contributed by atoms with van der Waals surface area (Å²) in [6.45, 7) is 5.31. The zero-order valence-corrected chi connectivity index (χ0v) is 27.7. The van der Waals surface area contributed by atoms with Crippen molar-refractivity contribution in [2.75, 3.05) is 41.6 Å². The third-order valence-electron chi connectivity index (χ3n) is 7.05. The zero-order valence-electron chi connectivity index (χ0n) is 25.4. The molecule has 1 heterocycles. The largest absolute Gasteiger partial charge is 0.480 e. The second kappa shape index (κ2) is 18.5. The van der Waals surface area contributed by atoms with Gasteiger partial charge in [-0.2, -0.15) is 0 Å². The molecular formula is C32H40Cl3N5O5. The molecule has 0 aliphatic rings. The number of rotatable bonds is 18. The van der Waals surface area contributed by atoms with Gasteiger partial charge < -0.3 is 30.7 Å². The molecule has 0 saturated heterocycles. The van der Waals surface area contributed by atoms with Gasteiger partial charge in [0.25, 0.3) is 0 Å². The molecule has 0 fully saturated rings. The maximum Gasteiger partial charge on any atom is 0.407 e. The van der Waals surface area contributed by atoms with E-state index in [9.17, 15) is 19.5 Å². The lowest BCUT2D eigenvalue weighted by Crippen LogP contribution is -2.43. The smallest absolute Gasteiger partial charge is 0.407 e. The summed E-state index contributed by atoms with van der Waals surface area (Å²) in [5.41, 5.74) is 3.44. The number of hydrogen-bond acceptors (Lipinski definition) is 7. The van der Waals surface area contributed by atoms with Crippen molar-refractivity contribution in [2.45, 2.75) is 57.7 Å². The first-order valence-electron chi connectivity index (χ1n) is 14.8. The first-order chi connectivity index (χ1) is 21.6. The molecule has 45 heavy (non-hydrogen) atoms. The summed E-state index contributed by atoms with van der Waals surface area (Å²) in [7, 11) is 0. The van der Waals surface area contributed by atoms with Crippen LogP contribution < -0.4 is 20.9 Å². The summed E-state index contributed by atoms with van der Waals surface area (Å²) >= 11 is 17.8. The number of hydrogen-bond donors (Lipinski definition) is 4. The molecule has 0 aliphatic carbocycles. The lowest BCUT2D eigenvalue weighted by molar-refractivity contribution is -0.142. The van der Waals surface area contributed by atoms with Gasteiger partial charge in [0.05, 0.1) is 11.9 Å². The first kappa shape index (κ1) is 36.0. The number of carboxylic acid groups (broad SMARTS) is 1. The maximum atomic E-state index is 12.6. The van der Waals surface area contributed by atoms with Gasteiger partial charge in [0.15, 0.2) is 0 Å². The van der Waals surface area contributed by atoms with E-state index in [-0.39, 0.29) is 18.9 Å². The number of aliphatic carboxylic acids is 1. The van der Waals surface area contributed by atoms with Crippen molar-refractivity contribution in [1.29, 1.82) is 0 Å². The average molecular weight is 681 g/mol. The van der Waals surface area contributed by atoms with E-state index in [1.807, 2.05) is 53.4 Å². The molecule has 10 nitrogen and oxygen atoms in total. The van der Waals surface area contributed by atoms with Crippen molar-refractivity contribution in [3.63, 3.8) is 0 Å². The highest BCUT2D eigenvalue weighted by Crippen LogP contribution is 2.25. The molecule has 1 aromatic heterocycles. The fraction of sp³-hybridized carbons (Fsp3) is 0.438. The standard InChI is InChI=1S/C32H40Cl3N5O5/c1-21(38-27-11-15-36-28-20-24(35)7-10-26(27)28)4-3-14-37-32(44)45-22(2)18-30(41)39-29(31(42)43)19-23-5-8-25(9-6-23)40(16-12-33)17-13-34/h5-11,15,20-22,29H,3-4,12-14,16-19H2,1-2H3,(H,36,38)(H,37,44)(H,39,41)(H,42,43)/t21?,22-,29?/m0/s1. The van der Waals surface area contributed by atoms with Gasteiger partial charge in [-0.05, 0) is 68.7 Å². The van der Waals surface area contributed by atoms with Crippen molar-refractivity contribution < 1.29 is 24.2 Å². The van der Waals surface area contributed by atoms with Gasteiger partial charge in [-0.15, -0.1) is 23.2 Å². The number of nitrogens with one attached hydrogen (secondary N) is 3. The highest BCUT2D eigenvalue weighted by molar-refractivity contribution is 6.31. The van der Waals surface area contributed by atoms with Gasteiger partial charge in [0.2, 0.25) is 5.91 Å². The third kappa shape index (κ3) is 12.1. The molecule has 0 spiro atoms. The minimum Gasteiger partial charge on any atom is -0.480 e. The molecule has 0 radical (unpaired) electrons. The van der Waals surface area contributed by atoms with Crippen LogP contribution >= 0.6 is 34.8 Å². The molecule has 3 atom stereocenters. The second-order valence-electron chi connectivity index (χ2n) is 10.7. The van der Waals surface area contributed by atoms with E-state index in [0.717, 1.165) is 34.3 Å². The lowest BCUT2D eigenvalue weighted by Gasteiger charge is -2.23. The lowest BCUT2D eigenvalue weighted by atomic mass is 10.0. The Kier molecular flexibility index (Phi) is 14.8. The number of amides is 2. The summed E-state index contributed by atoms with van der Waals surface area (Å²) in [4.78, 5) is 43.1. The number of halogens is 3. The molecule has 2 unspecified atom stereocenters. The Morgan fingerprint density at radius 3 is 2.40 bits per heavy atom. The van der Waals surface area contributed by atoms with Crippen LogP contribution in [0, 0.1) is 0 Å². The van der Waals surface area contributed by atoms with Crippen LogP contribution in [0.3, 0.4) is 0 Å². The maximum absolute atomic E-state index is 12.6. The zero-order chi connectivity index (χ0) is 32.8. The molecular weight excluding hydrogens is 641 g/mol. The Bertz CT molecular complexity index is 1410. The summed E-state index contributed by atoms with van der Waals surface area (Å²) in [6.07, 6.45) is 1.76. The van der Waals surface area contributed by atoms with Crippen LogP contribution in [0.1, 0.15) is 38.7 Å². The van der Waals surface area contributed by atoms with Gasteiger partial charge in [0.1, 0.15) is 12.1 Å². The SMILES string of the molecule is CC(CCCNC(=O)O[C@@H](C)CC(=O)NC(Cc1ccc(N(CCCl)CCCl)cc1)C(=O)O)Nc1ccnc2cc(Cl)ccc12. The van der Waals surface area contributed by atoms with Crippen LogP contribution in [0.4, 0.5) is 16.2 Å². The Morgan fingerprint density at radius 1 is 1.02 bits per heavy atom. The molecule has 0 saturated carbocycles. The van der Waals surface area contributed by atoms with Gasteiger partial charge in [-0.1, -0.05) is 23.7 Å². The number of ether oxygens (including phenoxy) is 1. The predicted octanol–water partition coefficient (Wildman–Crippen LogP) is 6.07. The summed E-state index contributed by atoms with van der Waals surface area (Å²) in [5, 5.41) is 20.0. The van der Waals surface area contributed by atoms with Crippen molar-refractivity contribution in [2.24, 2.45) is 0 Å². The molecule has 244 valence electrons. The number of alkyl halides is 2. The minimum absolute atomic E-state index is 0.0983. The van der Waals surface area contributed by atoms with E-state index in [2.05, 4.69) is 27.9 Å². The Labute approximate surface area is 278 Å². The van der Waals surface area contributed by atoms with E-state index in [0.29, 0.717) is 42.8 Å². The summed E-state index contributed by atoms with van der Waals surface area (Å²) in [5.74, 6) is -0.778. The quantitative estimate of drug-likeness (QED) is 0.0941. The Hall–Kier alpha value is -3.47. The topological polar surface area (TPSA) is 133 Å². The molecule has 13 heteroatoms. The van der Waals surface area contributed by atoms with Crippen molar-refractivity contribution in [3.8, 4) is 0 Å². The fourth-order valence-electron chi connectivity index (χ4n) is 4.82. The third-order valence-corrected chi connectivity index (χ3v) is 7.63. The normalized spacial score (nSPS) is 13.0. The number of anilines is 2. The first-order valence-corrected chi connectivity index (χ1v) is 16.3. The average Bonchev–Trinajstić information content (AvgIpc) is 2.99. The number of carbonyl (C=O) groups excluding carboxylic acids is 2. The number of nitrogens with zero attached hydrogens (tertiary/aromatic N) is 2. The van der Waals surface area contributed by atoms with Gasteiger partial charge in [0, 0.05) is 71.8 Å². The number of aromatic nitrogens is 1. The molecule has 2 aromatic carbocycles. The number of carbonyl (C=O) groups is 3. The van der Waals surface area contributed by atoms with Crippen LogP contribution in [0.15, 0.2) is 54.7 Å². The number of fused-ring (bicyclic) bond motifs is 1. The van der Waals surface area contributed by atoms with Gasteiger partial charge >= 0.3 is 12.1 Å². The van der Waals surface area contributed by atoms with E-state index in [1.54, 1.807) is 13.1 Å². The highest BCUT2D eigenvalue weighted by atomic mass is 35.5. The molecule has 0 bridgehead atoms. The molecule has 3 aromatic rings. The number of pyridine rings is 1. The molecule has 3 rings (SSSR count). The van der Waals surface area contributed by atoms with Crippen LogP contribution in [0.5, 0.6) is 0 Å². The molecule has 2 amide bonds. The predicted molar refractivity (Wildman–Crippen MR) is 181 cm³/mol. The van der Waals surface area contributed by atoms with Crippen LogP contribution in [-0.4, -0.2) is 77.6 Å². The summed E-state index contributed by atoms with van der Waals surface area (Å²) in [6, 6.07) is 13.9. The second-order valence-corrected chi connectivity index (χ2v) is 11.9. The summed E-state index contributed by atoms with van der Waals surface area (Å²) < 4.78 is 5.30. The van der Waals surface area contributed by atoms with Crippen molar-refractivity contribution >= 4 is 75.1 Å². The minimum atomic E-state index is -1.16. The van der Waals surface area contributed by atoms with Crippen LogP contribution in [0.2, 0.25) is 5.02 Å². The van der Waals surface area contributed by atoms with E-state index in [4.69, 9.17) is 39.5 Å².